The first-order valence-corrected chi connectivity index (χ1v) is 9.94. The third kappa shape index (κ3) is 11.6. The number of amides is 3. The molecule has 0 saturated carbocycles. The van der Waals surface area contributed by atoms with Crippen molar-refractivity contribution in [2.45, 2.75) is 46.0 Å². The van der Waals surface area contributed by atoms with Crippen LogP contribution < -0.4 is 16.0 Å². The molecule has 1 rings (SSSR count). The highest BCUT2D eigenvalue weighted by molar-refractivity contribution is 5.97. The van der Waals surface area contributed by atoms with Crippen LogP contribution in [0.5, 0.6) is 0 Å². The van der Waals surface area contributed by atoms with Gasteiger partial charge in [-0.15, -0.1) is 0 Å². The molecule has 0 spiro atoms. The predicted molar refractivity (Wildman–Crippen MR) is 111 cm³/mol. The van der Waals surface area contributed by atoms with Crippen LogP contribution in [0.25, 0.3) is 0 Å². The van der Waals surface area contributed by atoms with Gasteiger partial charge in [-0.1, -0.05) is 19.1 Å². The molecule has 8 heteroatoms. The summed E-state index contributed by atoms with van der Waals surface area (Å²) in [6.07, 6.45) is 2.07. The zero-order valence-electron chi connectivity index (χ0n) is 17.2. The smallest absolute Gasteiger partial charge is 0.224 e. The molecule has 1 aromatic carbocycles. The van der Waals surface area contributed by atoms with E-state index in [-0.39, 0.29) is 36.3 Å². The molecule has 160 valence electrons. The number of benzene rings is 1. The molecule has 0 heterocycles. The molecule has 0 aliphatic heterocycles. The van der Waals surface area contributed by atoms with Gasteiger partial charge < -0.3 is 20.7 Å². The molecule has 0 bridgehead atoms. The highest BCUT2D eigenvalue weighted by Crippen LogP contribution is 2.11. The van der Waals surface area contributed by atoms with E-state index in [0.717, 1.165) is 6.42 Å². The van der Waals surface area contributed by atoms with Gasteiger partial charge in [0.2, 0.25) is 17.7 Å². The Bertz CT molecular complexity index is 691. The van der Waals surface area contributed by atoms with E-state index in [2.05, 4.69) is 16.0 Å². The van der Waals surface area contributed by atoms with E-state index in [1.807, 2.05) is 0 Å². The minimum Gasteiger partial charge on any atom is -0.381 e. The number of ketones is 1. The van der Waals surface area contributed by atoms with Gasteiger partial charge in [0, 0.05) is 56.8 Å². The Kier molecular flexibility index (Phi) is 12.0. The van der Waals surface area contributed by atoms with Crippen LogP contribution in [0, 0.1) is 0 Å². The largest absolute Gasteiger partial charge is 0.381 e. The van der Waals surface area contributed by atoms with Crippen molar-refractivity contribution < 1.29 is 23.9 Å². The van der Waals surface area contributed by atoms with Crippen molar-refractivity contribution in [2.75, 3.05) is 31.6 Å². The summed E-state index contributed by atoms with van der Waals surface area (Å²) < 4.78 is 5.43. The number of hydrogen-bond acceptors (Lipinski definition) is 5. The Morgan fingerprint density at radius 2 is 1.52 bits per heavy atom. The fourth-order valence-electron chi connectivity index (χ4n) is 2.39. The Hall–Kier alpha value is -2.74. The third-order valence-corrected chi connectivity index (χ3v) is 4.03. The second-order valence-electron chi connectivity index (χ2n) is 6.56. The number of Topliss-reactive ketones (excluding diaryl/α,β-unsaturated/α-hetero) is 1. The molecule has 0 fully saturated rings. The number of carbonyl (C=O) groups excluding carboxylic acids is 4. The van der Waals surface area contributed by atoms with E-state index in [0.29, 0.717) is 50.4 Å². The number of rotatable bonds is 14. The summed E-state index contributed by atoms with van der Waals surface area (Å²) in [7, 11) is 0. The van der Waals surface area contributed by atoms with Crippen LogP contribution in [0.3, 0.4) is 0 Å². The maximum atomic E-state index is 11.9. The van der Waals surface area contributed by atoms with Crippen LogP contribution >= 0.6 is 0 Å². The highest BCUT2D eigenvalue weighted by Gasteiger charge is 2.08. The van der Waals surface area contributed by atoms with Gasteiger partial charge >= 0.3 is 0 Å². The Morgan fingerprint density at radius 3 is 2.14 bits per heavy atom. The second kappa shape index (κ2) is 14.3. The summed E-state index contributed by atoms with van der Waals surface area (Å²) in [6.45, 7) is 5.43. The lowest BCUT2D eigenvalue weighted by Crippen LogP contribution is -2.26. The quantitative estimate of drug-likeness (QED) is 0.324. The van der Waals surface area contributed by atoms with Crippen LogP contribution in [-0.4, -0.2) is 49.8 Å². The van der Waals surface area contributed by atoms with E-state index in [9.17, 15) is 19.2 Å². The minimum absolute atomic E-state index is 0.0333. The maximum absolute atomic E-state index is 11.9. The molecule has 0 aromatic heterocycles. The van der Waals surface area contributed by atoms with Gasteiger partial charge in [-0.3, -0.25) is 19.2 Å². The molecular weight excluding hydrogens is 374 g/mol. The van der Waals surface area contributed by atoms with E-state index in [4.69, 9.17) is 4.74 Å². The van der Waals surface area contributed by atoms with E-state index in [1.54, 1.807) is 31.2 Å². The lowest BCUT2D eigenvalue weighted by atomic mass is 10.1. The third-order valence-electron chi connectivity index (χ3n) is 4.03. The second-order valence-corrected chi connectivity index (χ2v) is 6.56. The minimum atomic E-state index is -0.278. The number of carbonyl (C=O) groups is 4. The van der Waals surface area contributed by atoms with E-state index >= 15 is 0 Å². The van der Waals surface area contributed by atoms with Gasteiger partial charge in [0.05, 0.1) is 0 Å². The summed E-state index contributed by atoms with van der Waals surface area (Å²) in [5.74, 6) is -0.516. The SMILES string of the molecule is CCC(=O)NCCCOCCCNC(=O)CCC(=O)Nc1cccc(C(C)=O)c1. The first-order chi connectivity index (χ1) is 13.9. The molecule has 0 aliphatic rings. The number of nitrogens with one attached hydrogen (secondary N) is 3. The lowest BCUT2D eigenvalue weighted by Gasteiger charge is -2.08. The van der Waals surface area contributed by atoms with Crippen molar-refractivity contribution in [3.8, 4) is 0 Å². The monoisotopic (exact) mass is 405 g/mol. The standard InChI is InChI=1S/C21H31N3O5/c1-3-19(26)22-11-5-13-29-14-6-12-23-20(27)9-10-21(28)24-18-8-4-7-17(15-18)16(2)25/h4,7-8,15H,3,5-6,9-14H2,1-2H3,(H,22,26)(H,23,27)(H,24,28). The first-order valence-electron chi connectivity index (χ1n) is 9.94. The molecular formula is C21H31N3O5. The molecule has 3 amide bonds. The Labute approximate surface area is 171 Å². The summed E-state index contributed by atoms with van der Waals surface area (Å²) in [5, 5.41) is 8.21. The molecule has 0 atom stereocenters. The molecule has 0 aliphatic carbocycles. The van der Waals surface area contributed by atoms with Crippen molar-refractivity contribution in [1.82, 2.24) is 10.6 Å². The van der Waals surface area contributed by atoms with Gasteiger partial charge in [-0.05, 0) is 31.9 Å². The normalized spacial score (nSPS) is 10.3. The average Bonchev–Trinajstić information content (AvgIpc) is 2.70. The van der Waals surface area contributed by atoms with Crippen LogP contribution in [-0.2, 0) is 19.1 Å². The van der Waals surface area contributed by atoms with Crippen molar-refractivity contribution >= 4 is 29.2 Å². The average molecular weight is 405 g/mol. The lowest BCUT2D eigenvalue weighted by molar-refractivity contribution is -0.124. The zero-order valence-corrected chi connectivity index (χ0v) is 17.2. The highest BCUT2D eigenvalue weighted by atomic mass is 16.5. The van der Waals surface area contributed by atoms with Crippen LogP contribution in [0.1, 0.15) is 56.3 Å². The number of hydrogen-bond donors (Lipinski definition) is 3. The molecule has 1 aromatic rings. The topological polar surface area (TPSA) is 114 Å². The fraction of sp³-hybridized carbons (Fsp3) is 0.524. The maximum Gasteiger partial charge on any atom is 0.224 e. The van der Waals surface area contributed by atoms with E-state index < -0.39 is 0 Å². The Morgan fingerprint density at radius 1 is 0.897 bits per heavy atom. The number of anilines is 1. The molecule has 0 unspecified atom stereocenters. The van der Waals surface area contributed by atoms with Crippen LogP contribution in [0.4, 0.5) is 5.69 Å². The van der Waals surface area contributed by atoms with E-state index in [1.165, 1.54) is 6.92 Å². The van der Waals surface area contributed by atoms with Crippen molar-refractivity contribution in [1.29, 1.82) is 0 Å². The molecule has 0 saturated heterocycles. The van der Waals surface area contributed by atoms with Gasteiger partial charge in [0.1, 0.15) is 0 Å². The first kappa shape index (κ1) is 24.3. The molecule has 3 N–H and O–H groups in total. The van der Waals surface area contributed by atoms with Crippen LogP contribution in [0.2, 0.25) is 0 Å². The zero-order chi connectivity index (χ0) is 21.5. The molecule has 29 heavy (non-hydrogen) atoms. The van der Waals surface area contributed by atoms with Crippen molar-refractivity contribution in [3.63, 3.8) is 0 Å². The van der Waals surface area contributed by atoms with Crippen molar-refractivity contribution in [3.05, 3.63) is 29.8 Å². The summed E-state index contributed by atoms with van der Waals surface area (Å²) in [4.78, 5) is 46.1. The summed E-state index contributed by atoms with van der Waals surface area (Å²) in [5.41, 5.74) is 1.06. The van der Waals surface area contributed by atoms with Gasteiger partial charge in [0.25, 0.3) is 0 Å². The van der Waals surface area contributed by atoms with Crippen molar-refractivity contribution in [2.24, 2.45) is 0 Å². The predicted octanol–water partition coefficient (Wildman–Crippen LogP) is 2.05. The molecule has 8 nitrogen and oxygen atoms in total. The van der Waals surface area contributed by atoms with Gasteiger partial charge in [-0.2, -0.15) is 0 Å². The van der Waals surface area contributed by atoms with Crippen LogP contribution in [0.15, 0.2) is 24.3 Å². The molecule has 0 radical (unpaired) electrons. The Balaban J connectivity index is 2.06. The fourth-order valence-corrected chi connectivity index (χ4v) is 2.39. The number of ether oxygens (including phenoxy) is 1. The van der Waals surface area contributed by atoms with Gasteiger partial charge in [0.15, 0.2) is 5.78 Å². The summed E-state index contributed by atoms with van der Waals surface area (Å²) in [6, 6.07) is 6.68. The summed E-state index contributed by atoms with van der Waals surface area (Å²) >= 11 is 0. The van der Waals surface area contributed by atoms with Gasteiger partial charge in [-0.25, -0.2) is 0 Å².